The Morgan fingerprint density at radius 1 is 1.17 bits per heavy atom. The molecule has 4 N–H and O–H groups in total. The van der Waals surface area contributed by atoms with E-state index in [0.29, 0.717) is 24.9 Å². The van der Waals surface area contributed by atoms with Crippen molar-refractivity contribution in [3.8, 4) is 0 Å². The number of nitrogens with one attached hydrogen (secondary N) is 2. The van der Waals surface area contributed by atoms with Crippen molar-refractivity contribution in [2.45, 2.75) is 51.7 Å². The molecule has 0 saturated carbocycles. The highest BCUT2D eigenvalue weighted by Crippen LogP contribution is 2.26. The van der Waals surface area contributed by atoms with E-state index in [0.717, 1.165) is 0 Å². The molecule has 1 fully saturated rings. The number of carbonyl (C=O) groups excluding carboxylic acids is 4. The predicted octanol–water partition coefficient (Wildman–Crippen LogP) is 0.941. The maximum Gasteiger partial charge on any atom is 0.251 e. The fourth-order valence-corrected chi connectivity index (χ4v) is 3.16. The molecule has 1 heterocycles. The summed E-state index contributed by atoms with van der Waals surface area (Å²) in [7, 11) is 0. The second-order valence-electron chi connectivity index (χ2n) is 8.07. The number of rotatable bonds is 10. The molecule has 0 bridgehead atoms. The number of Topliss-reactive ketones (excluding diaryl/α,β-unsaturated/α-hetero) is 1. The number of amides is 3. The third-order valence-electron chi connectivity index (χ3n) is 5.03. The Hall–Kier alpha value is -2.74. The van der Waals surface area contributed by atoms with E-state index in [1.54, 1.807) is 12.1 Å². The molecular formula is C21H29N3O5. The van der Waals surface area contributed by atoms with Crippen LogP contribution in [0.2, 0.25) is 0 Å². The van der Waals surface area contributed by atoms with Crippen molar-refractivity contribution in [3.63, 3.8) is 0 Å². The zero-order valence-electron chi connectivity index (χ0n) is 16.9. The van der Waals surface area contributed by atoms with Gasteiger partial charge in [-0.2, -0.15) is 0 Å². The van der Waals surface area contributed by atoms with E-state index in [1.165, 1.54) is 0 Å². The zero-order valence-corrected chi connectivity index (χ0v) is 16.9. The van der Waals surface area contributed by atoms with Crippen molar-refractivity contribution in [1.82, 2.24) is 10.6 Å². The molecule has 158 valence electrons. The average molecular weight is 403 g/mol. The first-order valence-corrected chi connectivity index (χ1v) is 9.73. The maximum atomic E-state index is 12.3. The number of primary amides is 1. The van der Waals surface area contributed by atoms with Crippen LogP contribution in [-0.2, 0) is 19.1 Å². The van der Waals surface area contributed by atoms with Crippen LogP contribution < -0.4 is 16.4 Å². The molecule has 29 heavy (non-hydrogen) atoms. The summed E-state index contributed by atoms with van der Waals surface area (Å²) >= 11 is 0. The van der Waals surface area contributed by atoms with E-state index in [1.807, 2.05) is 32.0 Å². The summed E-state index contributed by atoms with van der Waals surface area (Å²) in [6, 6.07) is 8.15. The molecule has 1 aromatic rings. The lowest BCUT2D eigenvalue weighted by Crippen LogP contribution is -2.46. The van der Waals surface area contributed by atoms with E-state index in [-0.39, 0.29) is 42.5 Å². The predicted molar refractivity (Wildman–Crippen MR) is 107 cm³/mol. The molecule has 0 spiro atoms. The molecule has 0 radical (unpaired) electrons. The summed E-state index contributed by atoms with van der Waals surface area (Å²) in [6.07, 6.45) is 0.706. The van der Waals surface area contributed by atoms with Gasteiger partial charge in [0.2, 0.25) is 11.8 Å². The van der Waals surface area contributed by atoms with Crippen molar-refractivity contribution in [3.05, 3.63) is 35.9 Å². The number of benzene rings is 1. The van der Waals surface area contributed by atoms with E-state index >= 15 is 0 Å². The van der Waals surface area contributed by atoms with Crippen molar-refractivity contribution in [2.24, 2.45) is 11.1 Å². The van der Waals surface area contributed by atoms with Crippen LogP contribution in [0.4, 0.5) is 0 Å². The lowest BCUT2D eigenvalue weighted by Gasteiger charge is -2.25. The smallest absolute Gasteiger partial charge is 0.251 e. The van der Waals surface area contributed by atoms with E-state index in [9.17, 15) is 19.2 Å². The fourth-order valence-electron chi connectivity index (χ4n) is 3.16. The fraction of sp³-hybridized carbons (Fsp3) is 0.524. The second-order valence-corrected chi connectivity index (χ2v) is 8.07. The first-order chi connectivity index (χ1) is 13.7. The third kappa shape index (κ3) is 7.30. The van der Waals surface area contributed by atoms with E-state index in [4.69, 9.17) is 10.5 Å². The summed E-state index contributed by atoms with van der Waals surface area (Å²) in [5.41, 5.74) is 5.59. The van der Waals surface area contributed by atoms with Gasteiger partial charge >= 0.3 is 0 Å². The number of ether oxygens (including phenoxy) is 1. The van der Waals surface area contributed by atoms with Gasteiger partial charge in [-0.15, -0.1) is 0 Å². The molecule has 1 aliphatic heterocycles. The Labute approximate surface area is 170 Å². The number of hydrogen-bond acceptors (Lipinski definition) is 5. The van der Waals surface area contributed by atoms with Crippen LogP contribution in [0, 0.1) is 5.41 Å². The summed E-state index contributed by atoms with van der Waals surface area (Å²) in [4.78, 5) is 47.3. The minimum Gasteiger partial charge on any atom is -0.370 e. The van der Waals surface area contributed by atoms with Crippen molar-refractivity contribution in [2.75, 3.05) is 13.2 Å². The summed E-state index contributed by atoms with van der Waals surface area (Å²) in [5.74, 6) is -1.24. The molecule has 1 saturated heterocycles. The van der Waals surface area contributed by atoms with Gasteiger partial charge in [-0.25, -0.2) is 0 Å². The summed E-state index contributed by atoms with van der Waals surface area (Å²) in [5, 5.41) is 5.55. The topological polar surface area (TPSA) is 128 Å². The molecule has 0 aromatic heterocycles. The lowest BCUT2D eigenvalue weighted by molar-refractivity contribution is -0.127. The number of carbonyl (C=O) groups is 4. The maximum absolute atomic E-state index is 12.3. The second kappa shape index (κ2) is 10.2. The highest BCUT2D eigenvalue weighted by Gasteiger charge is 2.37. The van der Waals surface area contributed by atoms with Crippen molar-refractivity contribution < 1.29 is 23.9 Å². The molecule has 1 aromatic carbocycles. The Kier molecular flexibility index (Phi) is 7.90. The Morgan fingerprint density at radius 3 is 2.52 bits per heavy atom. The molecule has 0 aliphatic carbocycles. The lowest BCUT2D eigenvalue weighted by atomic mass is 9.84. The zero-order chi connectivity index (χ0) is 21.4. The van der Waals surface area contributed by atoms with Crippen molar-refractivity contribution in [1.29, 1.82) is 0 Å². The number of ketones is 1. The van der Waals surface area contributed by atoms with Gasteiger partial charge in [0.1, 0.15) is 12.6 Å². The Balaban J connectivity index is 1.74. The summed E-state index contributed by atoms with van der Waals surface area (Å²) in [6.45, 7) is 4.41. The minimum absolute atomic E-state index is 0.108. The van der Waals surface area contributed by atoms with Gasteiger partial charge in [-0.05, 0) is 30.4 Å². The van der Waals surface area contributed by atoms with Gasteiger partial charge in [0.05, 0.1) is 12.5 Å². The standard InChI is InChI=1S/C21H29N3O5/c1-21(2,10-11-23-20(28)14-6-4-3-5-7-14)9-8-18(27)24-19-15(25)13-29-16(19)12-17(22)26/h3-7,16,19H,8-13H2,1-2H3,(H2,22,26)(H,23,28)(H,24,27). The average Bonchev–Trinajstić information content (AvgIpc) is 3.00. The minimum atomic E-state index is -0.830. The summed E-state index contributed by atoms with van der Waals surface area (Å²) < 4.78 is 5.24. The first kappa shape index (κ1) is 22.5. The van der Waals surface area contributed by atoms with Gasteiger partial charge in [0.15, 0.2) is 5.78 Å². The van der Waals surface area contributed by atoms with Gasteiger partial charge in [-0.3, -0.25) is 19.2 Å². The van der Waals surface area contributed by atoms with Crippen LogP contribution in [0.1, 0.15) is 49.9 Å². The molecule has 2 rings (SSSR count). The molecule has 2 atom stereocenters. The van der Waals surface area contributed by atoms with Crippen LogP contribution in [0.15, 0.2) is 30.3 Å². The van der Waals surface area contributed by atoms with Crippen LogP contribution >= 0.6 is 0 Å². The van der Waals surface area contributed by atoms with Gasteiger partial charge in [0, 0.05) is 18.5 Å². The highest BCUT2D eigenvalue weighted by atomic mass is 16.5. The van der Waals surface area contributed by atoms with Gasteiger partial charge < -0.3 is 21.1 Å². The Bertz CT molecular complexity index is 748. The molecule has 2 unspecified atom stereocenters. The van der Waals surface area contributed by atoms with E-state index < -0.39 is 18.1 Å². The van der Waals surface area contributed by atoms with Crippen LogP contribution in [0.5, 0.6) is 0 Å². The highest BCUT2D eigenvalue weighted by molar-refractivity contribution is 5.94. The molecule has 3 amide bonds. The van der Waals surface area contributed by atoms with Crippen LogP contribution in [0.3, 0.4) is 0 Å². The monoisotopic (exact) mass is 403 g/mol. The molecular weight excluding hydrogens is 374 g/mol. The Morgan fingerprint density at radius 2 is 1.86 bits per heavy atom. The van der Waals surface area contributed by atoms with Crippen molar-refractivity contribution >= 4 is 23.5 Å². The van der Waals surface area contributed by atoms with Crippen LogP contribution in [0.25, 0.3) is 0 Å². The number of nitrogens with two attached hydrogens (primary N) is 1. The first-order valence-electron chi connectivity index (χ1n) is 9.73. The molecule has 1 aliphatic rings. The largest absolute Gasteiger partial charge is 0.370 e. The van der Waals surface area contributed by atoms with E-state index in [2.05, 4.69) is 10.6 Å². The van der Waals surface area contributed by atoms with Gasteiger partial charge in [0.25, 0.3) is 5.91 Å². The third-order valence-corrected chi connectivity index (χ3v) is 5.03. The normalized spacial score (nSPS) is 19.0. The van der Waals surface area contributed by atoms with Gasteiger partial charge in [-0.1, -0.05) is 32.0 Å². The van der Waals surface area contributed by atoms with Crippen LogP contribution in [-0.4, -0.2) is 48.8 Å². The molecule has 8 heteroatoms. The molecule has 8 nitrogen and oxygen atoms in total. The SMILES string of the molecule is CC(C)(CCNC(=O)c1ccccc1)CCC(=O)NC1C(=O)COC1CC(N)=O. The number of hydrogen-bond donors (Lipinski definition) is 3. The quantitative estimate of drug-likeness (QED) is 0.536.